The molecule has 0 radical (unpaired) electrons. The number of nitrogens with zero attached hydrogens (tertiary/aromatic N) is 4. The second kappa shape index (κ2) is 7.65. The van der Waals surface area contributed by atoms with E-state index in [1.165, 1.54) is 11.3 Å². The van der Waals surface area contributed by atoms with Gasteiger partial charge in [0.2, 0.25) is 10.1 Å². The van der Waals surface area contributed by atoms with Crippen LogP contribution >= 0.6 is 11.3 Å². The molecule has 4 rings (SSSR count). The van der Waals surface area contributed by atoms with E-state index in [0.717, 1.165) is 11.3 Å². The van der Waals surface area contributed by atoms with E-state index >= 15 is 0 Å². The largest absolute Gasteiger partial charge is 0.497 e. The molecule has 0 aliphatic heterocycles. The van der Waals surface area contributed by atoms with E-state index in [1.807, 2.05) is 42.5 Å². The molecule has 2 heterocycles. The van der Waals surface area contributed by atoms with E-state index in [0.29, 0.717) is 21.7 Å². The van der Waals surface area contributed by atoms with Gasteiger partial charge in [0.15, 0.2) is 11.9 Å². The van der Waals surface area contributed by atoms with Gasteiger partial charge in [-0.05, 0) is 43.3 Å². The first-order chi connectivity index (χ1) is 13.6. The first kappa shape index (κ1) is 17.9. The molecule has 0 fully saturated rings. The Bertz CT molecular complexity index is 1090. The van der Waals surface area contributed by atoms with E-state index in [4.69, 9.17) is 9.47 Å². The molecule has 28 heavy (non-hydrogen) atoms. The third-order valence-corrected chi connectivity index (χ3v) is 4.81. The second-order valence-corrected chi connectivity index (χ2v) is 6.87. The van der Waals surface area contributed by atoms with Gasteiger partial charge in [-0.25, -0.2) is 0 Å². The monoisotopic (exact) mass is 395 g/mol. The Hall–Kier alpha value is -3.46. The SMILES string of the molecule is COc1ccc(-c2nnc3sc(NC(=O)[C@H](C)Oc4ccccc4)nn23)cc1. The normalized spacial score (nSPS) is 11.9. The molecule has 4 aromatic rings. The lowest BCUT2D eigenvalue weighted by atomic mass is 10.2. The van der Waals surface area contributed by atoms with Crippen molar-refractivity contribution in [3.8, 4) is 22.9 Å². The van der Waals surface area contributed by atoms with Crippen LogP contribution in [-0.4, -0.2) is 38.9 Å². The lowest BCUT2D eigenvalue weighted by Gasteiger charge is -2.13. The van der Waals surface area contributed by atoms with Gasteiger partial charge in [0, 0.05) is 5.56 Å². The van der Waals surface area contributed by atoms with Gasteiger partial charge in [-0.3, -0.25) is 10.1 Å². The molecular formula is C19H17N5O3S. The first-order valence-corrected chi connectivity index (χ1v) is 9.35. The van der Waals surface area contributed by atoms with E-state index in [-0.39, 0.29) is 5.91 Å². The number of anilines is 1. The Labute approximate surface area is 164 Å². The first-order valence-electron chi connectivity index (χ1n) is 8.53. The van der Waals surface area contributed by atoms with Crippen molar-refractivity contribution in [1.29, 1.82) is 0 Å². The summed E-state index contributed by atoms with van der Waals surface area (Å²) in [6.07, 6.45) is -0.669. The van der Waals surface area contributed by atoms with Gasteiger partial charge in [0.1, 0.15) is 11.5 Å². The predicted molar refractivity (Wildman–Crippen MR) is 106 cm³/mol. The van der Waals surface area contributed by atoms with Crippen LogP contribution in [0.25, 0.3) is 16.3 Å². The van der Waals surface area contributed by atoms with Crippen molar-refractivity contribution in [2.45, 2.75) is 13.0 Å². The van der Waals surface area contributed by atoms with Crippen molar-refractivity contribution in [2.24, 2.45) is 0 Å². The van der Waals surface area contributed by atoms with Crippen LogP contribution in [0.15, 0.2) is 54.6 Å². The maximum atomic E-state index is 12.4. The molecule has 2 aromatic heterocycles. The zero-order valence-corrected chi connectivity index (χ0v) is 16.0. The fraction of sp³-hybridized carbons (Fsp3) is 0.158. The molecule has 1 amide bonds. The fourth-order valence-corrected chi connectivity index (χ4v) is 3.29. The van der Waals surface area contributed by atoms with E-state index in [9.17, 15) is 4.79 Å². The fourth-order valence-electron chi connectivity index (χ4n) is 2.55. The predicted octanol–water partition coefficient (Wildman–Crippen LogP) is 3.27. The van der Waals surface area contributed by atoms with Gasteiger partial charge >= 0.3 is 0 Å². The summed E-state index contributed by atoms with van der Waals surface area (Å²) in [4.78, 5) is 13.0. The summed E-state index contributed by atoms with van der Waals surface area (Å²) in [5.41, 5.74) is 0.845. The third-order valence-electron chi connectivity index (χ3n) is 3.99. The summed E-state index contributed by atoms with van der Waals surface area (Å²) in [7, 11) is 1.61. The molecule has 0 aliphatic carbocycles. The zero-order valence-electron chi connectivity index (χ0n) is 15.2. The number of para-hydroxylation sites is 1. The van der Waals surface area contributed by atoms with Gasteiger partial charge < -0.3 is 9.47 Å². The summed E-state index contributed by atoms with van der Waals surface area (Å²) >= 11 is 1.24. The molecule has 9 heteroatoms. The van der Waals surface area contributed by atoms with Crippen molar-refractivity contribution in [3.63, 3.8) is 0 Å². The number of ether oxygens (including phenoxy) is 2. The van der Waals surface area contributed by atoms with Crippen LogP contribution in [0.1, 0.15) is 6.92 Å². The number of benzene rings is 2. The number of hydrogen-bond acceptors (Lipinski definition) is 7. The van der Waals surface area contributed by atoms with Crippen LogP contribution in [0, 0.1) is 0 Å². The molecule has 8 nitrogen and oxygen atoms in total. The van der Waals surface area contributed by atoms with E-state index < -0.39 is 6.10 Å². The van der Waals surface area contributed by atoms with Crippen molar-refractivity contribution >= 4 is 27.3 Å². The molecule has 0 saturated carbocycles. The Morgan fingerprint density at radius 2 is 1.82 bits per heavy atom. The topological polar surface area (TPSA) is 90.6 Å². The van der Waals surface area contributed by atoms with Gasteiger partial charge in [-0.1, -0.05) is 29.5 Å². The average molecular weight is 395 g/mol. The maximum Gasteiger partial charge on any atom is 0.266 e. The lowest BCUT2D eigenvalue weighted by molar-refractivity contribution is -0.122. The number of aromatic nitrogens is 4. The van der Waals surface area contributed by atoms with Crippen LogP contribution in [0.3, 0.4) is 0 Å². The number of hydrogen-bond donors (Lipinski definition) is 1. The summed E-state index contributed by atoms with van der Waals surface area (Å²) < 4.78 is 12.4. The summed E-state index contributed by atoms with van der Waals surface area (Å²) in [6, 6.07) is 16.6. The van der Waals surface area contributed by atoms with Crippen molar-refractivity contribution in [3.05, 3.63) is 54.6 Å². The van der Waals surface area contributed by atoms with Crippen molar-refractivity contribution in [2.75, 3.05) is 12.4 Å². The number of carbonyl (C=O) groups is 1. The lowest BCUT2D eigenvalue weighted by Crippen LogP contribution is -2.30. The highest BCUT2D eigenvalue weighted by molar-refractivity contribution is 7.20. The van der Waals surface area contributed by atoms with Crippen LogP contribution in [0.2, 0.25) is 0 Å². The zero-order chi connectivity index (χ0) is 19.5. The highest BCUT2D eigenvalue weighted by Crippen LogP contribution is 2.25. The van der Waals surface area contributed by atoms with Gasteiger partial charge in [0.05, 0.1) is 7.11 Å². The molecule has 1 atom stereocenters. The van der Waals surface area contributed by atoms with Crippen molar-refractivity contribution < 1.29 is 14.3 Å². The van der Waals surface area contributed by atoms with Crippen LogP contribution in [-0.2, 0) is 4.79 Å². The highest BCUT2D eigenvalue weighted by Gasteiger charge is 2.19. The van der Waals surface area contributed by atoms with Crippen LogP contribution in [0.5, 0.6) is 11.5 Å². The second-order valence-electron chi connectivity index (χ2n) is 5.92. The smallest absolute Gasteiger partial charge is 0.266 e. The number of methoxy groups -OCH3 is 1. The minimum absolute atomic E-state index is 0.292. The number of carbonyl (C=O) groups excluding carboxylic acids is 1. The molecular weight excluding hydrogens is 378 g/mol. The summed E-state index contributed by atoms with van der Waals surface area (Å²) in [6.45, 7) is 1.69. The van der Waals surface area contributed by atoms with Gasteiger partial charge in [0.25, 0.3) is 5.91 Å². The number of rotatable bonds is 6. The van der Waals surface area contributed by atoms with E-state index in [1.54, 1.807) is 30.7 Å². The summed E-state index contributed by atoms with van der Waals surface area (Å²) in [5.74, 6) is 1.68. The molecule has 1 N–H and O–H groups in total. The minimum Gasteiger partial charge on any atom is -0.497 e. The van der Waals surface area contributed by atoms with Gasteiger partial charge in [-0.2, -0.15) is 4.52 Å². The number of amides is 1. The Kier molecular flexibility index (Phi) is 4.90. The number of nitrogens with one attached hydrogen (secondary N) is 1. The Morgan fingerprint density at radius 3 is 2.54 bits per heavy atom. The maximum absolute atomic E-state index is 12.4. The third kappa shape index (κ3) is 3.65. The average Bonchev–Trinajstić information content (AvgIpc) is 3.29. The van der Waals surface area contributed by atoms with Crippen LogP contribution in [0.4, 0.5) is 5.13 Å². The van der Waals surface area contributed by atoms with Crippen molar-refractivity contribution in [1.82, 2.24) is 19.8 Å². The quantitative estimate of drug-likeness (QED) is 0.539. The van der Waals surface area contributed by atoms with Crippen LogP contribution < -0.4 is 14.8 Å². The Morgan fingerprint density at radius 1 is 1.07 bits per heavy atom. The molecule has 0 spiro atoms. The Balaban J connectivity index is 1.50. The molecule has 0 bridgehead atoms. The molecule has 2 aromatic carbocycles. The number of fused-ring (bicyclic) bond motifs is 1. The van der Waals surface area contributed by atoms with E-state index in [2.05, 4.69) is 20.6 Å². The molecule has 0 aliphatic rings. The highest BCUT2D eigenvalue weighted by atomic mass is 32.1. The molecule has 142 valence electrons. The molecule has 0 saturated heterocycles. The van der Waals surface area contributed by atoms with Gasteiger partial charge in [-0.15, -0.1) is 15.3 Å². The summed E-state index contributed by atoms with van der Waals surface area (Å²) in [5, 5.41) is 15.9. The molecule has 0 unspecified atom stereocenters. The minimum atomic E-state index is -0.669. The standard InChI is InChI=1S/C19H17N5O3S/c1-12(27-15-6-4-3-5-7-15)17(25)20-18-23-24-16(21-22-19(24)28-18)13-8-10-14(26-2)11-9-13/h3-12H,1-2H3,(H,20,23,25)/t12-/m0/s1.